The summed E-state index contributed by atoms with van der Waals surface area (Å²) in [6.07, 6.45) is 2.94. The zero-order valence-electron chi connectivity index (χ0n) is 13.0. The summed E-state index contributed by atoms with van der Waals surface area (Å²) >= 11 is 0. The number of anilines is 1. The molecule has 5 nitrogen and oxygen atoms in total. The van der Waals surface area contributed by atoms with Crippen LogP contribution in [0.3, 0.4) is 0 Å². The van der Waals surface area contributed by atoms with Crippen LogP contribution in [0.2, 0.25) is 0 Å². The van der Waals surface area contributed by atoms with Gasteiger partial charge in [-0.05, 0) is 38.9 Å². The number of rotatable bonds is 5. The Morgan fingerprint density at radius 2 is 1.95 bits per heavy atom. The van der Waals surface area contributed by atoms with E-state index < -0.39 is 10.2 Å². The van der Waals surface area contributed by atoms with E-state index in [-0.39, 0.29) is 6.04 Å². The highest BCUT2D eigenvalue weighted by Crippen LogP contribution is 2.25. The van der Waals surface area contributed by atoms with E-state index in [2.05, 4.69) is 5.32 Å². The lowest BCUT2D eigenvalue weighted by Gasteiger charge is -2.37. The van der Waals surface area contributed by atoms with Crippen LogP contribution >= 0.6 is 0 Å². The van der Waals surface area contributed by atoms with Crippen molar-refractivity contribution in [1.29, 1.82) is 0 Å². The molecule has 21 heavy (non-hydrogen) atoms. The quantitative estimate of drug-likeness (QED) is 0.901. The van der Waals surface area contributed by atoms with Gasteiger partial charge in [0.2, 0.25) is 0 Å². The first-order valence-electron chi connectivity index (χ1n) is 7.44. The number of piperidine rings is 1. The maximum atomic E-state index is 12.9. The van der Waals surface area contributed by atoms with Crippen LogP contribution < -0.4 is 9.62 Å². The van der Waals surface area contributed by atoms with Crippen molar-refractivity contribution in [3.8, 4) is 0 Å². The van der Waals surface area contributed by atoms with Crippen LogP contribution in [0.25, 0.3) is 0 Å². The van der Waals surface area contributed by atoms with E-state index >= 15 is 0 Å². The summed E-state index contributed by atoms with van der Waals surface area (Å²) in [5.41, 5.74) is 1.82. The van der Waals surface area contributed by atoms with E-state index in [1.165, 1.54) is 4.31 Å². The van der Waals surface area contributed by atoms with Gasteiger partial charge in [0.05, 0.1) is 5.69 Å². The van der Waals surface area contributed by atoms with Gasteiger partial charge in [-0.3, -0.25) is 4.31 Å². The predicted molar refractivity (Wildman–Crippen MR) is 86.8 cm³/mol. The molecule has 0 bridgehead atoms. The second-order valence-electron chi connectivity index (χ2n) is 5.63. The zero-order valence-corrected chi connectivity index (χ0v) is 13.9. The second kappa shape index (κ2) is 6.77. The van der Waals surface area contributed by atoms with Gasteiger partial charge < -0.3 is 5.32 Å². The maximum Gasteiger partial charge on any atom is 0.304 e. The van der Waals surface area contributed by atoms with Crippen molar-refractivity contribution in [1.82, 2.24) is 9.62 Å². The van der Waals surface area contributed by atoms with Crippen molar-refractivity contribution >= 4 is 15.9 Å². The van der Waals surface area contributed by atoms with Gasteiger partial charge in [-0.2, -0.15) is 12.7 Å². The topological polar surface area (TPSA) is 52.7 Å². The van der Waals surface area contributed by atoms with E-state index in [4.69, 9.17) is 0 Å². The summed E-state index contributed by atoms with van der Waals surface area (Å²) in [6.45, 7) is 3.29. The molecule has 0 amide bonds. The van der Waals surface area contributed by atoms with Crippen LogP contribution in [0, 0.1) is 6.92 Å². The fraction of sp³-hybridized carbons (Fsp3) is 0.600. The van der Waals surface area contributed by atoms with E-state index in [1.54, 1.807) is 11.4 Å². The number of hydrogen-bond acceptors (Lipinski definition) is 3. The molecule has 1 aliphatic rings. The van der Waals surface area contributed by atoms with Crippen molar-refractivity contribution in [2.45, 2.75) is 32.2 Å². The van der Waals surface area contributed by atoms with Crippen molar-refractivity contribution in [2.24, 2.45) is 0 Å². The van der Waals surface area contributed by atoms with E-state index in [0.717, 1.165) is 24.8 Å². The first-order chi connectivity index (χ1) is 9.96. The lowest BCUT2D eigenvalue weighted by atomic mass is 10.1. The van der Waals surface area contributed by atoms with Gasteiger partial charge in [-0.1, -0.05) is 24.1 Å². The standard InChI is InChI=1S/C15H25N3O2S/c1-13-7-9-14(10-8-13)17(3)21(19,20)18-11-5-4-6-15(18)12-16-2/h7-10,15-16H,4-6,11-12H2,1-3H3. The molecule has 1 aromatic rings. The fourth-order valence-corrected chi connectivity index (χ4v) is 4.38. The van der Waals surface area contributed by atoms with Crippen molar-refractivity contribution in [3.05, 3.63) is 29.8 Å². The Morgan fingerprint density at radius 3 is 2.57 bits per heavy atom. The Bertz CT molecular complexity index is 555. The summed E-state index contributed by atoms with van der Waals surface area (Å²) in [5.74, 6) is 0. The predicted octanol–water partition coefficient (Wildman–Crippen LogP) is 1.75. The van der Waals surface area contributed by atoms with Crippen LogP contribution in [0.1, 0.15) is 24.8 Å². The van der Waals surface area contributed by atoms with Crippen LogP contribution in [-0.4, -0.2) is 45.9 Å². The molecule has 1 atom stereocenters. The molecule has 1 saturated heterocycles. The van der Waals surface area contributed by atoms with E-state index in [1.807, 2.05) is 38.2 Å². The molecular formula is C15H25N3O2S. The lowest BCUT2D eigenvalue weighted by Crippen LogP contribution is -2.52. The molecule has 1 aromatic carbocycles. The third-order valence-corrected chi connectivity index (χ3v) is 6.03. The minimum Gasteiger partial charge on any atom is -0.318 e. The zero-order chi connectivity index (χ0) is 15.5. The second-order valence-corrected chi connectivity index (χ2v) is 7.54. The first-order valence-corrected chi connectivity index (χ1v) is 8.83. The smallest absolute Gasteiger partial charge is 0.304 e. The average Bonchev–Trinajstić information content (AvgIpc) is 2.48. The van der Waals surface area contributed by atoms with Crippen LogP contribution in [0.4, 0.5) is 5.69 Å². The van der Waals surface area contributed by atoms with Crippen molar-refractivity contribution in [2.75, 3.05) is 31.5 Å². The van der Waals surface area contributed by atoms with Crippen molar-refractivity contribution < 1.29 is 8.42 Å². The molecule has 1 aliphatic heterocycles. The Kier molecular flexibility index (Phi) is 5.24. The van der Waals surface area contributed by atoms with Crippen LogP contribution in [0.5, 0.6) is 0 Å². The van der Waals surface area contributed by atoms with Crippen LogP contribution in [-0.2, 0) is 10.2 Å². The lowest BCUT2D eigenvalue weighted by molar-refractivity contribution is 0.248. The maximum absolute atomic E-state index is 12.9. The van der Waals surface area contributed by atoms with Gasteiger partial charge in [-0.15, -0.1) is 0 Å². The number of aryl methyl sites for hydroxylation is 1. The minimum atomic E-state index is -3.47. The number of hydrogen-bond donors (Lipinski definition) is 1. The van der Waals surface area contributed by atoms with Crippen molar-refractivity contribution in [3.63, 3.8) is 0 Å². The molecule has 1 fully saturated rings. The summed E-state index contributed by atoms with van der Waals surface area (Å²) in [4.78, 5) is 0. The van der Waals surface area contributed by atoms with Crippen LogP contribution in [0.15, 0.2) is 24.3 Å². The molecule has 0 aromatic heterocycles. The van der Waals surface area contributed by atoms with Gasteiger partial charge in [-0.25, -0.2) is 0 Å². The molecule has 1 heterocycles. The van der Waals surface area contributed by atoms with Gasteiger partial charge in [0.15, 0.2) is 0 Å². The van der Waals surface area contributed by atoms with E-state index in [0.29, 0.717) is 18.8 Å². The molecular weight excluding hydrogens is 286 g/mol. The van der Waals surface area contributed by atoms with Gasteiger partial charge >= 0.3 is 10.2 Å². The highest BCUT2D eigenvalue weighted by molar-refractivity contribution is 7.90. The number of nitrogens with zero attached hydrogens (tertiary/aromatic N) is 2. The first kappa shape index (κ1) is 16.3. The Balaban J connectivity index is 2.24. The largest absolute Gasteiger partial charge is 0.318 e. The van der Waals surface area contributed by atoms with Gasteiger partial charge in [0.1, 0.15) is 0 Å². The summed E-state index contributed by atoms with van der Waals surface area (Å²) in [6, 6.07) is 7.61. The molecule has 1 N–H and O–H groups in total. The third kappa shape index (κ3) is 3.56. The number of nitrogens with one attached hydrogen (secondary N) is 1. The summed E-state index contributed by atoms with van der Waals surface area (Å²) in [5, 5.41) is 3.10. The average molecular weight is 311 g/mol. The number of benzene rings is 1. The molecule has 0 saturated carbocycles. The Labute approximate surface area is 128 Å². The molecule has 0 spiro atoms. The minimum absolute atomic E-state index is 0.0432. The molecule has 0 radical (unpaired) electrons. The third-order valence-electron chi connectivity index (χ3n) is 4.05. The highest BCUT2D eigenvalue weighted by atomic mass is 32.2. The SMILES string of the molecule is CNCC1CCCCN1S(=O)(=O)N(C)c1ccc(C)cc1. The van der Waals surface area contributed by atoms with Gasteiger partial charge in [0.25, 0.3) is 0 Å². The Morgan fingerprint density at radius 1 is 1.29 bits per heavy atom. The van der Waals surface area contributed by atoms with E-state index in [9.17, 15) is 8.42 Å². The molecule has 0 aliphatic carbocycles. The fourth-order valence-electron chi connectivity index (χ4n) is 2.76. The highest BCUT2D eigenvalue weighted by Gasteiger charge is 2.34. The summed E-state index contributed by atoms with van der Waals surface area (Å²) in [7, 11) is 0.0215. The molecule has 6 heteroatoms. The molecule has 2 rings (SSSR count). The normalized spacial score (nSPS) is 20.4. The molecule has 1 unspecified atom stereocenters. The van der Waals surface area contributed by atoms with Gasteiger partial charge in [0, 0.05) is 26.2 Å². The molecule has 118 valence electrons. The Hall–Kier alpha value is -1.11. The number of likely N-dealkylation sites (N-methyl/N-ethyl adjacent to an activating group) is 1. The monoisotopic (exact) mass is 311 g/mol. The summed E-state index contributed by atoms with van der Waals surface area (Å²) < 4.78 is 28.8.